The average molecular weight is 313 g/mol. The second-order valence-corrected chi connectivity index (χ2v) is 8.34. The molecular weight excluding hydrogens is 284 g/mol. The molecule has 4 bridgehead atoms. The van der Waals surface area contributed by atoms with E-state index in [1.54, 1.807) is 0 Å². The standard InChI is InChI=1S/C17H28N2O.ClH/c18-15-3-1-2-14(15)16(20)19-10-17-7-11-4-12(8-17)6-13(5-11)9-17;/h11-15H,1-10,18H2,(H,19,20);1H. The Kier molecular flexibility index (Phi) is 4.26. The molecule has 0 spiro atoms. The quantitative estimate of drug-likeness (QED) is 0.842. The summed E-state index contributed by atoms with van der Waals surface area (Å²) >= 11 is 0. The molecule has 0 aromatic carbocycles. The first-order valence-corrected chi connectivity index (χ1v) is 8.67. The first-order chi connectivity index (χ1) is 9.63. The third kappa shape index (κ3) is 2.84. The van der Waals surface area contributed by atoms with Gasteiger partial charge in [0.15, 0.2) is 0 Å². The van der Waals surface area contributed by atoms with Crippen LogP contribution in [0.15, 0.2) is 0 Å². The van der Waals surface area contributed by atoms with Crippen LogP contribution in [0.4, 0.5) is 0 Å². The number of rotatable bonds is 3. The first kappa shape index (κ1) is 15.6. The van der Waals surface area contributed by atoms with Crippen molar-refractivity contribution in [3.8, 4) is 0 Å². The van der Waals surface area contributed by atoms with Crippen molar-refractivity contribution in [1.82, 2.24) is 5.32 Å². The lowest BCUT2D eigenvalue weighted by atomic mass is 9.49. The minimum absolute atomic E-state index is 0. The highest BCUT2D eigenvalue weighted by Crippen LogP contribution is 2.59. The fraction of sp³-hybridized carbons (Fsp3) is 0.941. The van der Waals surface area contributed by atoms with Crippen molar-refractivity contribution in [2.45, 2.75) is 63.8 Å². The summed E-state index contributed by atoms with van der Waals surface area (Å²) in [5.74, 6) is 3.22. The third-order valence-corrected chi connectivity index (χ3v) is 6.71. The van der Waals surface area contributed by atoms with Crippen molar-refractivity contribution in [2.24, 2.45) is 34.8 Å². The van der Waals surface area contributed by atoms with E-state index in [2.05, 4.69) is 5.32 Å². The van der Waals surface area contributed by atoms with E-state index < -0.39 is 0 Å². The van der Waals surface area contributed by atoms with Gasteiger partial charge in [-0.1, -0.05) is 6.42 Å². The van der Waals surface area contributed by atoms with E-state index in [1.807, 2.05) is 0 Å². The van der Waals surface area contributed by atoms with Gasteiger partial charge in [-0.2, -0.15) is 0 Å². The second kappa shape index (κ2) is 5.73. The summed E-state index contributed by atoms with van der Waals surface area (Å²) in [4.78, 5) is 12.4. The maximum atomic E-state index is 12.4. The average Bonchev–Trinajstić information content (AvgIpc) is 2.81. The Labute approximate surface area is 134 Å². The van der Waals surface area contributed by atoms with Gasteiger partial charge in [0, 0.05) is 12.6 Å². The summed E-state index contributed by atoms with van der Waals surface area (Å²) in [6, 6.07) is 0.103. The van der Waals surface area contributed by atoms with Crippen molar-refractivity contribution < 1.29 is 4.79 Å². The fourth-order valence-corrected chi connectivity index (χ4v) is 6.23. The molecule has 0 aliphatic heterocycles. The second-order valence-electron chi connectivity index (χ2n) is 8.34. The number of amides is 1. The van der Waals surface area contributed by atoms with E-state index in [1.165, 1.54) is 38.5 Å². The SMILES string of the molecule is Cl.NC1CCCC1C(=O)NCC12CC3CC(CC(C3)C1)C2. The predicted molar refractivity (Wildman–Crippen MR) is 86.2 cm³/mol. The van der Waals surface area contributed by atoms with Crippen molar-refractivity contribution >= 4 is 18.3 Å². The van der Waals surface area contributed by atoms with E-state index >= 15 is 0 Å². The van der Waals surface area contributed by atoms with E-state index in [9.17, 15) is 4.79 Å². The van der Waals surface area contributed by atoms with Crippen molar-refractivity contribution in [3.63, 3.8) is 0 Å². The fourth-order valence-electron chi connectivity index (χ4n) is 6.23. The molecule has 3 N–H and O–H groups in total. The third-order valence-electron chi connectivity index (χ3n) is 6.71. The molecule has 4 heteroatoms. The smallest absolute Gasteiger partial charge is 0.224 e. The van der Waals surface area contributed by atoms with E-state index in [0.717, 1.165) is 43.6 Å². The molecule has 5 aliphatic rings. The number of hydrogen-bond donors (Lipinski definition) is 2. The molecule has 0 aromatic rings. The Morgan fingerprint density at radius 2 is 1.62 bits per heavy atom. The zero-order valence-corrected chi connectivity index (χ0v) is 13.7. The minimum Gasteiger partial charge on any atom is -0.355 e. The zero-order chi connectivity index (χ0) is 13.7. The Morgan fingerprint density at radius 1 is 1.05 bits per heavy atom. The molecular formula is C17H29ClN2O. The molecule has 120 valence electrons. The van der Waals surface area contributed by atoms with Gasteiger partial charge in [-0.05, 0) is 74.5 Å². The number of hydrogen-bond acceptors (Lipinski definition) is 2. The molecule has 3 nitrogen and oxygen atoms in total. The Hall–Kier alpha value is -0.280. The summed E-state index contributed by atoms with van der Waals surface area (Å²) in [5.41, 5.74) is 6.51. The van der Waals surface area contributed by atoms with Gasteiger partial charge in [-0.25, -0.2) is 0 Å². The monoisotopic (exact) mass is 312 g/mol. The summed E-state index contributed by atoms with van der Waals surface area (Å²) in [7, 11) is 0. The highest BCUT2D eigenvalue weighted by atomic mass is 35.5. The molecule has 2 atom stereocenters. The molecule has 2 unspecified atom stereocenters. The van der Waals surface area contributed by atoms with Gasteiger partial charge in [0.05, 0.1) is 5.92 Å². The van der Waals surface area contributed by atoms with Crippen LogP contribution in [-0.2, 0) is 4.79 Å². The molecule has 5 rings (SSSR count). The lowest BCUT2D eigenvalue weighted by Crippen LogP contribution is -2.52. The van der Waals surface area contributed by atoms with Crippen LogP contribution in [0.1, 0.15) is 57.8 Å². The van der Waals surface area contributed by atoms with Gasteiger partial charge in [0.25, 0.3) is 0 Å². The molecule has 0 radical (unpaired) electrons. The predicted octanol–water partition coefficient (Wildman–Crippen LogP) is 2.87. The van der Waals surface area contributed by atoms with Gasteiger partial charge >= 0.3 is 0 Å². The first-order valence-electron chi connectivity index (χ1n) is 8.67. The van der Waals surface area contributed by atoms with E-state index in [-0.39, 0.29) is 30.3 Å². The largest absolute Gasteiger partial charge is 0.355 e. The van der Waals surface area contributed by atoms with E-state index in [4.69, 9.17) is 5.73 Å². The number of carbonyl (C=O) groups excluding carboxylic acids is 1. The Morgan fingerprint density at radius 3 is 2.10 bits per heavy atom. The minimum atomic E-state index is 0. The number of carbonyl (C=O) groups is 1. The molecule has 0 saturated heterocycles. The molecule has 0 aromatic heterocycles. The summed E-state index contributed by atoms with van der Waals surface area (Å²) in [6.07, 6.45) is 11.7. The molecule has 21 heavy (non-hydrogen) atoms. The van der Waals surface area contributed by atoms with Crippen LogP contribution >= 0.6 is 12.4 Å². The molecule has 5 saturated carbocycles. The van der Waals surface area contributed by atoms with Gasteiger partial charge in [0.2, 0.25) is 5.91 Å². The number of halogens is 1. The normalized spacial score (nSPS) is 47.2. The van der Waals surface area contributed by atoms with Crippen molar-refractivity contribution in [1.29, 1.82) is 0 Å². The Balaban J connectivity index is 0.00000132. The van der Waals surface area contributed by atoms with Crippen LogP contribution in [0.2, 0.25) is 0 Å². The molecule has 1 amide bonds. The van der Waals surface area contributed by atoms with Crippen LogP contribution < -0.4 is 11.1 Å². The number of nitrogens with one attached hydrogen (secondary N) is 1. The van der Waals surface area contributed by atoms with Gasteiger partial charge in [-0.3, -0.25) is 4.79 Å². The van der Waals surface area contributed by atoms with Crippen molar-refractivity contribution in [3.05, 3.63) is 0 Å². The van der Waals surface area contributed by atoms with Gasteiger partial charge in [0.1, 0.15) is 0 Å². The van der Waals surface area contributed by atoms with E-state index in [0.29, 0.717) is 5.41 Å². The van der Waals surface area contributed by atoms with Gasteiger partial charge < -0.3 is 11.1 Å². The van der Waals surface area contributed by atoms with Crippen LogP contribution in [0.3, 0.4) is 0 Å². The molecule has 5 aliphatic carbocycles. The van der Waals surface area contributed by atoms with Crippen LogP contribution in [0, 0.1) is 29.1 Å². The summed E-state index contributed by atoms with van der Waals surface area (Å²) in [6.45, 7) is 0.929. The molecule has 0 heterocycles. The van der Waals surface area contributed by atoms with Crippen molar-refractivity contribution in [2.75, 3.05) is 6.54 Å². The van der Waals surface area contributed by atoms with Gasteiger partial charge in [-0.15, -0.1) is 12.4 Å². The van der Waals surface area contributed by atoms with Crippen LogP contribution in [0.25, 0.3) is 0 Å². The number of nitrogens with two attached hydrogens (primary N) is 1. The maximum Gasteiger partial charge on any atom is 0.224 e. The van der Waals surface area contributed by atoms with Crippen LogP contribution in [0.5, 0.6) is 0 Å². The summed E-state index contributed by atoms with van der Waals surface area (Å²) < 4.78 is 0. The molecule has 5 fully saturated rings. The lowest BCUT2D eigenvalue weighted by molar-refractivity contribution is -0.127. The maximum absolute atomic E-state index is 12.4. The highest BCUT2D eigenvalue weighted by molar-refractivity contribution is 5.85. The zero-order valence-electron chi connectivity index (χ0n) is 12.9. The topological polar surface area (TPSA) is 55.1 Å². The summed E-state index contributed by atoms with van der Waals surface area (Å²) in [5, 5.41) is 3.29. The Bertz CT molecular complexity index is 376. The van der Waals surface area contributed by atoms with Crippen LogP contribution in [-0.4, -0.2) is 18.5 Å². The lowest BCUT2D eigenvalue weighted by Gasteiger charge is -2.57. The highest BCUT2D eigenvalue weighted by Gasteiger charge is 2.50.